The Hall–Kier alpha value is -2.16. The molecule has 0 spiro atoms. The fourth-order valence-corrected chi connectivity index (χ4v) is 3.65. The Morgan fingerprint density at radius 1 is 1.26 bits per heavy atom. The summed E-state index contributed by atoms with van der Waals surface area (Å²) in [6.45, 7) is 5.00. The van der Waals surface area contributed by atoms with Gasteiger partial charge in [-0.3, -0.25) is 9.78 Å². The standard InChI is InChI=1S/C20H24N2O/c1-3-18(16-8-5-4-6-9-16)19-10-7-13-22(19)20(23)17-12-11-15(2)21-14-17/h4-6,8-9,11-12,14,18-19H,3,7,10,13H2,1-2H3. The molecule has 3 rings (SSSR count). The molecule has 3 nitrogen and oxygen atoms in total. The number of benzene rings is 1. The minimum absolute atomic E-state index is 0.120. The first-order valence-corrected chi connectivity index (χ1v) is 8.49. The molecule has 0 bridgehead atoms. The molecule has 1 aromatic heterocycles. The van der Waals surface area contributed by atoms with Gasteiger partial charge in [-0.25, -0.2) is 0 Å². The zero-order chi connectivity index (χ0) is 16.2. The Balaban J connectivity index is 1.84. The number of aromatic nitrogens is 1. The van der Waals surface area contributed by atoms with Gasteiger partial charge in [0, 0.05) is 30.4 Å². The van der Waals surface area contributed by atoms with Crippen LogP contribution >= 0.6 is 0 Å². The van der Waals surface area contributed by atoms with E-state index in [1.165, 1.54) is 5.56 Å². The number of carbonyl (C=O) groups is 1. The molecule has 1 aromatic carbocycles. The summed E-state index contributed by atoms with van der Waals surface area (Å²) in [7, 11) is 0. The van der Waals surface area contributed by atoms with E-state index >= 15 is 0 Å². The quantitative estimate of drug-likeness (QED) is 0.848. The topological polar surface area (TPSA) is 33.2 Å². The van der Waals surface area contributed by atoms with Gasteiger partial charge in [0.05, 0.1) is 5.56 Å². The van der Waals surface area contributed by atoms with Gasteiger partial charge in [-0.05, 0) is 43.9 Å². The monoisotopic (exact) mass is 308 g/mol. The highest BCUT2D eigenvalue weighted by Gasteiger charge is 2.35. The average molecular weight is 308 g/mol. The Labute approximate surface area is 138 Å². The normalized spacial score (nSPS) is 18.9. The molecule has 0 aliphatic carbocycles. The zero-order valence-corrected chi connectivity index (χ0v) is 13.9. The largest absolute Gasteiger partial charge is 0.335 e. The summed E-state index contributed by atoms with van der Waals surface area (Å²) in [5, 5.41) is 0. The van der Waals surface area contributed by atoms with E-state index in [0.717, 1.165) is 31.5 Å². The fraction of sp³-hybridized carbons (Fsp3) is 0.400. The number of carbonyl (C=O) groups excluding carboxylic acids is 1. The molecule has 1 aliphatic heterocycles. The van der Waals surface area contributed by atoms with Crippen molar-refractivity contribution in [3.63, 3.8) is 0 Å². The van der Waals surface area contributed by atoms with Crippen LogP contribution in [0, 0.1) is 6.92 Å². The highest BCUT2D eigenvalue weighted by molar-refractivity contribution is 5.94. The Morgan fingerprint density at radius 3 is 2.70 bits per heavy atom. The van der Waals surface area contributed by atoms with Gasteiger partial charge in [0.2, 0.25) is 0 Å². The van der Waals surface area contributed by atoms with Crippen molar-refractivity contribution >= 4 is 5.91 Å². The van der Waals surface area contributed by atoms with E-state index in [-0.39, 0.29) is 11.9 Å². The molecule has 2 unspecified atom stereocenters. The number of likely N-dealkylation sites (tertiary alicyclic amines) is 1. The number of hydrogen-bond donors (Lipinski definition) is 0. The van der Waals surface area contributed by atoms with Crippen LogP contribution in [0.3, 0.4) is 0 Å². The van der Waals surface area contributed by atoms with E-state index in [2.05, 4.69) is 41.1 Å². The van der Waals surface area contributed by atoms with Crippen LogP contribution in [0.5, 0.6) is 0 Å². The van der Waals surface area contributed by atoms with Crippen molar-refractivity contribution in [1.29, 1.82) is 0 Å². The number of aryl methyl sites for hydroxylation is 1. The van der Waals surface area contributed by atoms with Crippen LogP contribution in [-0.4, -0.2) is 28.4 Å². The second kappa shape index (κ2) is 6.95. The lowest BCUT2D eigenvalue weighted by atomic mass is 9.87. The number of amides is 1. The smallest absolute Gasteiger partial charge is 0.255 e. The third-order valence-electron chi connectivity index (χ3n) is 4.85. The SMILES string of the molecule is CCC(c1ccccc1)C1CCCN1C(=O)c1ccc(C)nc1. The van der Waals surface area contributed by atoms with E-state index in [9.17, 15) is 4.79 Å². The molecule has 120 valence electrons. The van der Waals surface area contributed by atoms with E-state index in [1.54, 1.807) is 6.20 Å². The first-order chi connectivity index (χ1) is 11.2. The van der Waals surface area contributed by atoms with Gasteiger partial charge in [-0.2, -0.15) is 0 Å². The molecule has 1 fully saturated rings. The van der Waals surface area contributed by atoms with Gasteiger partial charge in [0.15, 0.2) is 0 Å². The summed E-state index contributed by atoms with van der Waals surface area (Å²) in [5.74, 6) is 0.524. The molecular formula is C20H24N2O. The molecule has 0 radical (unpaired) electrons. The van der Waals surface area contributed by atoms with Crippen LogP contribution in [0.4, 0.5) is 0 Å². The fourth-order valence-electron chi connectivity index (χ4n) is 3.65. The molecule has 1 aliphatic rings. The maximum Gasteiger partial charge on any atom is 0.255 e. The molecule has 2 aromatic rings. The lowest BCUT2D eigenvalue weighted by molar-refractivity contribution is 0.0714. The van der Waals surface area contributed by atoms with E-state index < -0.39 is 0 Å². The predicted octanol–water partition coefficient (Wildman–Crippen LogP) is 4.19. The number of hydrogen-bond acceptors (Lipinski definition) is 2. The van der Waals surface area contributed by atoms with Crippen molar-refractivity contribution in [2.24, 2.45) is 0 Å². The van der Waals surface area contributed by atoms with Gasteiger partial charge in [0.1, 0.15) is 0 Å². The third kappa shape index (κ3) is 3.29. The maximum atomic E-state index is 12.9. The molecule has 2 atom stereocenters. The van der Waals surface area contributed by atoms with Crippen molar-refractivity contribution in [1.82, 2.24) is 9.88 Å². The summed E-state index contributed by atoms with van der Waals surface area (Å²) in [6.07, 6.45) is 4.92. The zero-order valence-electron chi connectivity index (χ0n) is 13.9. The van der Waals surface area contributed by atoms with Crippen molar-refractivity contribution < 1.29 is 4.79 Å². The third-order valence-corrected chi connectivity index (χ3v) is 4.85. The van der Waals surface area contributed by atoms with Gasteiger partial charge < -0.3 is 4.90 Å². The molecule has 3 heteroatoms. The second-order valence-electron chi connectivity index (χ2n) is 6.32. The lowest BCUT2D eigenvalue weighted by Crippen LogP contribution is -2.39. The Bertz CT molecular complexity index is 651. The summed E-state index contributed by atoms with van der Waals surface area (Å²) in [5.41, 5.74) is 2.97. The molecule has 0 saturated carbocycles. The maximum absolute atomic E-state index is 12.9. The summed E-state index contributed by atoms with van der Waals surface area (Å²) in [4.78, 5) is 19.2. The minimum atomic E-state index is 0.120. The van der Waals surface area contributed by atoms with Crippen molar-refractivity contribution in [3.8, 4) is 0 Å². The van der Waals surface area contributed by atoms with Crippen LogP contribution in [0.2, 0.25) is 0 Å². The van der Waals surface area contributed by atoms with Crippen molar-refractivity contribution in [2.45, 2.75) is 45.1 Å². The van der Waals surface area contributed by atoms with Crippen LogP contribution in [0.1, 0.15) is 53.7 Å². The number of nitrogens with zero attached hydrogens (tertiary/aromatic N) is 2. The van der Waals surface area contributed by atoms with Crippen molar-refractivity contribution in [2.75, 3.05) is 6.54 Å². The molecule has 0 N–H and O–H groups in total. The van der Waals surface area contributed by atoms with Gasteiger partial charge >= 0.3 is 0 Å². The van der Waals surface area contributed by atoms with Crippen LogP contribution < -0.4 is 0 Å². The van der Waals surface area contributed by atoms with E-state index in [1.807, 2.05) is 25.1 Å². The highest BCUT2D eigenvalue weighted by Crippen LogP contribution is 2.34. The van der Waals surface area contributed by atoms with Gasteiger partial charge in [-0.1, -0.05) is 37.3 Å². The van der Waals surface area contributed by atoms with Gasteiger partial charge in [-0.15, -0.1) is 0 Å². The van der Waals surface area contributed by atoms with E-state index in [0.29, 0.717) is 11.5 Å². The number of rotatable bonds is 4. The van der Waals surface area contributed by atoms with Gasteiger partial charge in [0.25, 0.3) is 5.91 Å². The molecular weight excluding hydrogens is 284 g/mol. The highest BCUT2D eigenvalue weighted by atomic mass is 16.2. The molecule has 23 heavy (non-hydrogen) atoms. The minimum Gasteiger partial charge on any atom is -0.335 e. The second-order valence-corrected chi connectivity index (χ2v) is 6.32. The predicted molar refractivity (Wildman–Crippen MR) is 92.5 cm³/mol. The first kappa shape index (κ1) is 15.7. The Morgan fingerprint density at radius 2 is 2.04 bits per heavy atom. The summed E-state index contributed by atoms with van der Waals surface area (Å²) >= 11 is 0. The summed E-state index contributed by atoms with van der Waals surface area (Å²) < 4.78 is 0. The summed E-state index contributed by atoms with van der Waals surface area (Å²) in [6, 6.07) is 14.7. The number of pyridine rings is 1. The average Bonchev–Trinajstić information content (AvgIpc) is 3.06. The lowest BCUT2D eigenvalue weighted by Gasteiger charge is -2.31. The van der Waals surface area contributed by atoms with Crippen LogP contribution in [-0.2, 0) is 0 Å². The Kier molecular flexibility index (Phi) is 4.75. The van der Waals surface area contributed by atoms with Crippen LogP contribution in [0.15, 0.2) is 48.7 Å². The molecule has 1 saturated heterocycles. The van der Waals surface area contributed by atoms with E-state index in [4.69, 9.17) is 0 Å². The molecule has 1 amide bonds. The van der Waals surface area contributed by atoms with Crippen LogP contribution in [0.25, 0.3) is 0 Å². The molecule has 2 heterocycles. The first-order valence-electron chi connectivity index (χ1n) is 8.49. The van der Waals surface area contributed by atoms with Crippen molar-refractivity contribution in [3.05, 3.63) is 65.5 Å².